The number of aromatic nitrogens is 2. The van der Waals surface area contributed by atoms with Gasteiger partial charge in [-0.05, 0) is 24.3 Å². The van der Waals surface area contributed by atoms with Gasteiger partial charge in [-0.3, -0.25) is 9.78 Å². The van der Waals surface area contributed by atoms with Crippen LogP contribution in [0.25, 0.3) is 5.69 Å². The fourth-order valence-corrected chi connectivity index (χ4v) is 2.35. The average molecular weight is 383 g/mol. The zero-order chi connectivity index (χ0) is 20.1. The van der Waals surface area contributed by atoms with E-state index >= 15 is 0 Å². The van der Waals surface area contributed by atoms with Crippen molar-refractivity contribution in [2.75, 3.05) is 5.32 Å². The molecule has 0 saturated heterocycles. The Balaban J connectivity index is 1.86. The minimum absolute atomic E-state index is 0.259. The summed E-state index contributed by atoms with van der Waals surface area (Å²) in [5, 5.41) is 16.3. The Bertz CT molecular complexity index is 1150. The van der Waals surface area contributed by atoms with E-state index in [1.54, 1.807) is 30.3 Å². The maximum absolute atomic E-state index is 14.0. The van der Waals surface area contributed by atoms with Crippen molar-refractivity contribution in [3.05, 3.63) is 86.8 Å². The first kappa shape index (κ1) is 18.6. The first-order chi connectivity index (χ1) is 13.5. The van der Waals surface area contributed by atoms with Gasteiger partial charge < -0.3 is 10.4 Å². The Morgan fingerprint density at radius 1 is 1.11 bits per heavy atom. The number of amides is 2. The van der Waals surface area contributed by atoms with Crippen LogP contribution in [0.5, 0.6) is 5.88 Å². The molecule has 0 atom stereocenters. The number of aromatic amines is 1. The standard InChI is InChI=1S/C18H14FN5O4/c19-13-8-4-5-9-14(13)24-16(26)12(15(25)22-18(24)28)10-20-23-17(27)21-11-6-2-1-3-7-11/h1-10,26H,(H2,21,23,27)(H,22,25,28). The zero-order valence-corrected chi connectivity index (χ0v) is 14.2. The summed E-state index contributed by atoms with van der Waals surface area (Å²) >= 11 is 0. The molecule has 0 unspecified atom stereocenters. The molecule has 2 aromatic carbocycles. The van der Waals surface area contributed by atoms with Crippen LogP contribution in [-0.2, 0) is 0 Å². The number of nitrogens with one attached hydrogen (secondary N) is 3. The van der Waals surface area contributed by atoms with E-state index in [-0.39, 0.29) is 5.69 Å². The van der Waals surface area contributed by atoms with Gasteiger partial charge in [0.15, 0.2) is 0 Å². The van der Waals surface area contributed by atoms with Gasteiger partial charge in [0, 0.05) is 5.69 Å². The number of urea groups is 1. The SMILES string of the molecule is O=C(NN=Cc1c(O)n(-c2ccccc2F)c(=O)[nH]c1=O)Nc1ccccc1. The normalized spacial score (nSPS) is 10.8. The molecule has 0 aliphatic heterocycles. The zero-order valence-electron chi connectivity index (χ0n) is 14.2. The second kappa shape index (κ2) is 7.99. The van der Waals surface area contributed by atoms with Crippen LogP contribution in [-0.4, -0.2) is 26.9 Å². The Morgan fingerprint density at radius 3 is 2.50 bits per heavy atom. The molecule has 0 spiro atoms. The summed E-state index contributed by atoms with van der Waals surface area (Å²) in [5.41, 5.74) is -0.0522. The van der Waals surface area contributed by atoms with Gasteiger partial charge in [-0.1, -0.05) is 30.3 Å². The number of hydrazone groups is 1. The molecular weight excluding hydrogens is 369 g/mol. The van der Waals surface area contributed by atoms with Crippen LogP contribution in [0.1, 0.15) is 5.56 Å². The second-order valence-corrected chi connectivity index (χ2v) is 5.47. The molecule has 4 N–H and O–H groups in total. The number of benzene rings is 2. The summed E-state index contributed by atoms with van der Waals surface area (Å²) in [4.78, 5) is 37.7. The van der Waals surface area contributed by atoms with Crippen molar-refractivity contribution in [2.24, 2.45) is 5.10 Å². The quantitative estimate of drug-likeness (QED) is 0.402. The van der Waals surface area contributed by atoms with E-state index in [0.29, 0.717) is 10.3 Å². The molecule has 0 aliphatic rings. The number of carbonyl (C=O) groups is 1. The molecule has 0 radical (unpaired) electrons. The van der Waals surface area contributed by atoms with Crippen LogP contribution in [0.3, 0.4) is 0 Å². The summed E-state index contributed by atoms with van der Waals surface area (Å²) in [6, 6.07) is 13.1. The van der Waals surface area contributed by atoms with E-state index in [0.717, 1.165) is 12.3 Å². The number of hydrogen-bond acceptors (Lipinski definition) is 5. The number of para-hydroxylation sites is 2. The van der Waals surface area contributed by atoms with Crippen molar-refractivity contribution in [2.45, 2.75) is 0 Å². The third kappa shape index (κ3) is 3.96. The van der Waals surface area contributed by atoms with E-state index in [1.807, 2.05) is 4.98 Å². The molecule has 1 heterocycles. The largest absolute Gasteiger partial charge is 0.493 e. The van der Waals surface area contributed by atoms with Gasteiger partial charge in [0.25, 0.3) is 5.56 Å². The lowest BCUT2D eigenvalue weighted by molar-refractivity contribution is 0.252. The lowest BCUT2D eigenvalue weighted by Gasteiger charge is -2.10. The summed E-state index contributed by atoms with van der Waals surface area (Å²) < 4.78 is 14.6. The number of carbonyl (C=O) groups excluding carboxylic acids is 1. The number of hydrogen-bond donors (Lipinski definition) is 4. The number of nitrogens with zero attached hydrogens (tertiary/aromatic N) is 2. The number of aromatic hydroxyl groups is 1. The predicted octanol–water partition coefficient (Wildman–Crippen LogP) is 1.53. The highest BCUT2D eigenvalue weighted by atomic mass is 19.1. The van der Waals surface area contributed by atoms with Crippen LogP contribution in [0.15, 0.2) is 69.3 Å². The minimum Gasteiger partial charge on any atom is -0.493 e. The molecule has 3 rings (SSSR count). The maximum Gasteiger partial charge on any atom is 0.339 e. The summed E-state index contributed by atoms with van der Waals surface area (Å²) in [7, 11) is 0. The summed E-state index contributed by atoms with van der Waals surface area (Å²) in [5.74, 6) is -1.61. The number of rotatable bonds is 4. The van der Waals surface area contributed by atoms with Crippen LogP contribution >= 0.6 is 0 Å². The molecular formula is C18H14FN5O4. The maximum atomic E-state index is 14.0. The number of halogens is 1. The van der Waals surface area contributed by atoms with Gasteiger partial charge in [-0.2, -0.15) is 5.10 Å². The van der Waals surface area contributed by atoms with Gasteiger partial charge in [0.05, 0.1) is 11.9 Å². The third-order valence-corrected chi connectivity index (χ3v) is 3.61. The van der Waals surface area contributed by atoms with Gasteiger partial charge in [0.2, 0.25) is 5.88 Å². The van der Waals surface area contributed by atoms with Crippen molar-refractivity contribution < 1.29 is 14.3 Å². The number of H-pyrrole nitrogens is 1. The van der Waals surface area contributed by atoms with E-state index in [9.17, 15) is 23.9 Å². The highest BCUT2D eigenvalue weighted by molar-refractivity contribution is 5.90. The highest BCUT2D eigenvalue weighted by Gasteiger charge is 2.16. The molecule has 0 saturated carbocycles. The topological polar surface area (TPSA) is 129 Å². The lowest BCUT2D eigenvalue weighted by Crippen LogP contribution is -2.32. The molecule has 1 aromatic heterocycles. The van der Waals surface area contributed by atoms with Crippen LogP contribution in [0.4, 0.5) is 14.9 Å². The minimum atomic E-state index is -1.03. The van der Waals surface area contributed by atoms with Gasteiger partial charge >= 0.3 is 11.7 Å². The fourth-order valence-electron chi connectivity index (χ4n) is 2.35. The molecule has 10 heteroatoms. The third-order valence-electron chi connectivity index (χ3n) is 3.61. The van der Waals surface area contributed by atoms with E-state index in [2.05, 4.69) is 15.8 Å². The highest BCUT2D eigenvalue weighted by Crippen LogP contribution is 2.17. The molecule has 0 aliphatic carbocycles. The molecule has 3 aromatic rings. The van der Waals surface area contributed by atoms with Crippen molar-refractivity contribution in [1.29, 1.82) is 0 Å². The molecule has 142 valence electrons. The molecule has 0 bridgehead atoms. The van der Waals surface area contributed by atoms with Gasteiger partial charge in [-0.15, -0.1) is 0 Å². The first-order valence-electron chi connectivity index (χ1n) is 7.95. The van der Waals surface area contributed by atoms with E-state index in [4.69, 9.17) is 0 Å². The Morgan fingerprint density at radius 2 is 1.79 bits per heavy atom. The van der Waals surface area contributed by atoms with Crippen molar-refractivity contribution in [1.82, 2.24) is 15.0 Å². The Kier molecular flexibility index (Phi) is 5.30. The van der Waals surface area contributed by atoms with E-state index < -0.39 is 34.5 Å². The molecule has 2 amide bonds. The average Bonchev–Trinajstić information content (AvgIpc) is 2.66. The van der Waals surface area contributed by atoms with Gasteiger partial charge in [0.1, 0.15) is 11.4 Å². The van der Waals surface area contributed by atoms with Gasteiger partial charge in [-0.25, -0.2) is 24.0 Å². The van der Waals surface area contributed by atoms with Crippen LogP contribution in [0.2, 0.25) is 0 Å². The summed E-state index contributed by atoms with van der Waals surface area (Å²) in [6.07, 6.45) is 0.843. The smallest absolute Gasteiger partial charge is 0.339 e. The molecule has 28 heavy (non-hydrogen) atoms. The van der Waals surface area contributed by atoms with Crippen molar-refractivity contribution >= 4 is 17.9 Å². The van der Waals surface area contributed by atoms with Crippen molar-refractivity contribution in [3.63, 3.8) is 0 Å². The summed E-state index contributed by atoms with van der Waals surface area (Å²) in [6.45, 7) is 0. The Hall–Kier alpha value is -4.21. The predicted molar refractivity (Wildman–Crippen MR) is 100 cm³/mol. The van der Waals surface area contributed by atoms with Crippen LogP contribution < -0.4 is 22.0 Å². The van der Waals surface area contributed by atoms with Crippen LogP contribution in [0, 0.1) is 5.82 Å². The Labute approximate surface area is 156 Å². The van der Waals surface area contributed by atoms with E-state index in [1.165, 1.54) is 18.2 Å². The number of anilines is 1. The molecule has 9 nitrogen and oxygen atoms in total. The fraction of sp³-hybridized carbons (Fsp3) is 0. The molecule has 0 fully saturated rings. The lowest BCUT2D eigenvalue weighted by atomic mass is 10.2. The monoisotopic (exact) mass is 383 g/mol. The first-order valence-corrected chi connectivity index (χ1v) is 7.95. The van der Waals surface area contributed by atoms with Crippen molar-refractivity contribution in [3.8, 4) is 11.6 Å². The second-order valence-electron chi connectivity index (χ2n) is 5.47.